The molecular weight excluding hydrogens is 342 g/mol. The van der Waals surface area contributed by atoms with Gasteiger partial charge < -0.3 is 11.1 Å². The Balaban J connectivity index is 1.61. The van der Waals surface area contributed by atoms with E-state index >= 15 is 0 Å². The molecule has 0 aromatic heterocycles. The van der Waals surface area contributed by atoms with Gasteiger partial charge in [-0.2, -0.15) is 0 Å². The van der Waals surface area contributed by atoms with Crippen molar-refractivity contribution in [1.82, 2.24) is 0 Å². The molecule has 0 aliphatic carbocycles. The highest BCUT2D eigenvalue weighted by atomic mass is 16.2. The number of nitrogens with zero attached hydrogens (tertiary/aromatic N) is 1. The Bertz CT molecular complexity index is 1060. The molecule has 6 heteroatoms. The number of hydrogen-bond donors (Lipinski definition) is 2. The number of nitrogens with two attached hydrogens (primary N) is 1. The van der Waals surface area contributed by atoms with Crippen LogP contribution in [0.4, 0.5) is 17.1 Å². The van der Waals surface area contributed by atoms with Crippen molar-refractivity contribution in [3.05, 3.63) is 89.5 Å². The molecule has 0 spiro atoms. The van der Waals surface area contributed by atoms with Crippen molar-refractivity contribution in [2.75, 3.05) is 16.0 Å². The molecule has 0 radical (unpaired) electrons. The molecule has 27 heavy (non-hydrogen) atoms. The van der Waals surface area contributed by atoms with Gasteiger partial charge in [0.2, 0.25) is 0 Å². The zero-order valence-electron chi connectivity index (χ0n) is 14.2. The highest BCUT2D eigenvalue weighted by Gasteiger charge is 2.36. The molecule has 0 saturated carbocycles. The zero-order chi connectivity index (χ0) is 19.0. The number of hydrogen-bond acceptors (Lipinski definition) is 4. The summed E-state index contributed by atoms with van der Waals surface area (Å²) in [6, 6.07) is 19.9. The predicted octanol–water partition coefficient (Wildman–Crippen LogP) is 3.32. The van der Waals surface area contributed by atoms with Crippen LogP contribution < -0.4 is 16.0 Å². The molecule has 4 rings (SSSR count). The molecule has 1 heterocycles. The Morgan fingerprint density at radius 2 is 1.48 bits per heavy atom. The Hall–Kier alpha value is -3.93. The maximum Gasteiger partial charge on any atom is 0.266 e. The molecule has 0 saturated heterocycles. The summed E-state index contributed by atoms with van der Waals surface area (Å²) in [5.41, 5.74) is 8.16. The minimum atomic E-state index is -0.412. The summed E-state index contributed by atoms with van der Waals surface area (Å²) in [7, 11) is 0. The van der Waals surface area contributed by atoms with Crippen molar-refractivity contribution >= 4 is 34.8 Å². The first kappa shape index (κ1) is 16.5. The largest absolute Gasteiger partial charge is 0.399 e. The SMILES string of the molecule is Nc1ccc(C(=O)Nc2ccc3c(c2)C(=O)N(c2ccccc2)C3=O)cc1. The lowest BCUT2D eigenvalue weighted by Gasteiger charge is -2.13. The van der Waals surface area contributed by atoms with E-state index in [0.717, 1.165) is 4.90 Å². The third-order valence-electron chi connectivity index (χ3n) is 4.33. The van der Waals surface area contributed by atoms with E-state index in [1.165, 1.54) is 6.07 Å². The third-order valence-corrected chi connectivity index (χ3v) is 4.33. The molecule has 3 amide bonds. The van der Waals surface area contributed by atoms with Gasteiger partial charge in [0.25, 0.3) is 17.7 Å². The fourth-order valence-electron chi connectivity index (χ4n) is 2.97. The van der Waals surface area contributed by atoms with E-state index in [4.69, 9.17) is 5.73 Å². The van der Waals surface area contributed by atoms with Crippen molar-refractivity contribution in [2.24, 2.45) is 0 Å². The topological polar surface area (TPSA) is 92.5 Å². The first-order valence-electron chi connectivity index (χ1n) is 8.29. The standard InChI is InChI=1S/C21H15N3O3/c22-14-8-6-13(7-9-14)19(25)23-15-10-11-17-18(12-15)21(27)24(20(17)26)16-4-2-1-3-5-16/h1-12H,22H2,(H,23,25). The van der Waals surface area contributed by atoms with Gasteiger partial charge in [-0.25, -0.2) is 4.90 Å². The number of rotatable bonds is 3. The number of para-hydroxylation sites is 1. The summed E-state index contributed by atoms with van der Waals surface area (Å²) in [6.45, 7) is 0. The minimum Gasteiger partial charge on any atom is -0.399 e. The molecule has 1 aliphatic heterocycles. The van der Waals surface area contributed by atoms with Crippen LogP contribution in [-0.2, 0) is 0 Å². The lowest BCUT2D eigenvalue weighted by molar-refractivity contribution is 0.0924. The number of carbonyl (C=O) groups excluding carboxylic acids is 3. The Morgan fingerprint density at radius 3 is 2.19 bits per heavy atom. The van der Waals surface area contributed by atoms with Gasteiger partial charge in [0.1, 0.15) is 0 Å². The van der Waals surface area contributed by atoms with Crippen LogP contribution in [0.2, 0.25) is 0 Å². The van der Waals surface area contributed by atoms with E-state index < -0.39 is 5.91 Å². The molecule has 1 aliphatic rings. The molecular formula is C21H15N3O3. The first-order chi connectivity index (χ1) is 13.0. The lowest BCUT2D eigenvalue weighted by atomic mass is 10.1. The molecule has 3 aromatic rings. The van der Waals surface area contributed by atoms with E-state index in [0.29, 0.717) is 28.2 Å². The van der Waals surface area contributed by atoms with Gasteiger partial charge in [-0.1, -0.05) is 18.2 Å². The zero-order valence-corrected chi connectivity index (χ0v) is 14.2. The summed E-state index contributed by atoms with van der Waals surface area (Å²) in [5, 5.41) is 2.74. The third kappa shape index (κ3) is 2.93. The summed E-state index contributed by atoms with van der Waals surface area (Å²) in [4.78, 5) is 38.8. The fraction of sp³-hybridized carbons (Fsp3) is 0. The summed E-state index contributed by atoms with van der Waals surface area (Å²) >= 11 is 0. The molecule has 0 fully saturated rings. The molecule has 0 unspecified atom stereocenters. The maximum atomic E-state index is 12.7. The van der Waals surface area contributed by atoms with Crippen molar-refractivity contribution in [2.45, 2.75) is 0 Å². The normalized spacial score (nSPS) is 12.8. The number of amides is 3. The van der Waals surface area contributed by atoms with Crippen LogP contribution in [0.25, 0.3) is 0 Å². The summed E-state index contributed by atoms with van der Waals surface area (Å²) in [5.74, 6) is -1.12. The van der Waals surface area contributed by atoms with E-state index in [-0.39, 0.29) is 17.4 Å². The molecule has 6 nitrogen and oxygen atoms in total. The van der Waals surface area contributed by atoms with Crippen molar-refractivity contribution < 1.29 is 14.4 Å². The molecule has 132 valence electrons. The maximum absolute atomic E-state index is 12.7. The van der Waals surface area contributed by atoms with Crippen LogP contribution in [-0.4, -0.2) is 17.7 Å². The van der Waals surface area contributed by atoms with Crippen LogP contribution >= 0.6 is 0 Å². The molecule has 3 N–H and O–H groups in total. The summed E-state index contributed by atoms with van der Waals surface area (Å²) < 4.78 is 0. The van der Waals surface area contributed by atoms with E-state index in [1.54, 1.807) is 60.7 Å². The van der Waals surface area contributed by atoms with E-state index in [2.05, 4.69) is 5.32 Å². The smallest absolute Gasteiger partial charge is 0.266 e. The monoisotopic (exact) mass is 357 g/mol. The Kier molecular flexibility index (Phi) is 3.93. The summed E-state index contributed by atoms with van der Waals surface area (Å²) in [6.07, 6.45) is 0. The van der Waals surface area contributed by atoms with Gasteiger partial charge in [0.15, 0.2) is 0 Å². The highest BCUT2D eigenvalue weighted by molar-refractivity contribution is 6.34. The van der Waals surface area contributed by atoms with Crippen LogP contribution in [0.15, 0.2) is 72.8 Å². The minimum absolute atomic E-state index is 0.263. The predicted molar refractivity (Wildman–Crippen MR) is 103 cm³/mol. The quantitative estimate of drug-likeness (QED) is 0.555. The Labute approximate surface area is 155 Å². The van der Waals surface area contributed by atoms with Gasteiger partial charge >= 0.3 is 0 Å². The highest BCUT2D eigenvalue weighted by Crippen LogP contribution is 2.30. The van der Waals surface area contributed by atoms with Gasteiger partial charge in [0.05, 0.1) is 16.8 Å². The molecule has 0 atom stereocenters. The van der Waals surface area contributed by atoms with Crippen molar-refractivity contribution in [1.29, 1.82) is 0 Å². The number of fused-ring (bicyclic) bond motifs is 1. The van der Waals surface area contributed by atoms with E-state index in [1.807, 2.05) is 6.07 Å². The van der Waals surface area contributed by atoms with Gasteiger partial charge in [-0.15, -0.1) is 0 Å². The number of anilines is 3. The lowest BCUT2D eigenvalue weighted by Crippen LogP contribution is -2.29. The first-order valence-corrected chi connectivity index (χ1v) is 8.29. The second-order valence-electron chi connectivity index (χ2n) is 6.12. The van der Waals surface area contributed by atoms with Crippen molar-refractivity contribution in [3.8, 4) is 0 Å². The number of imide groups is 1. The molecule has 3 aromatic carbocycles. The Morgan fingerprint density at radius 1 is 0.815 bits per heavy atom. The van der Waals surface area contributed by atoms with Crippen LogP contribution in [0.1, 0.15) is 31.1 Å². The fourth-order valence-corrected chi connectivity index (χ4v) is 2.97. The second kappa shape index (κ2) is 6.42. The number of nitrogens with one attached hydrogen (secondary N) is 1. The second-order valence-corrected chi connectivity index (χ2v) is 6.12. The van der Waals surface area contributed by atoms with Gasteiger partial charge in [-0.05, 0) is 54.6 Å². The van der Waals surface area contributed by atoms with Crippen LogP contribution in [0, 0.1) is 0 Å². The number of benzene rings is 3. The number of nitrogen functional groups attached to an aromatic ring is 1. The van der Waals surface area contributed by atoms with Gasteiger partial charge in [0, 0.05) is 16.9 Å². The average molecular weight is 357 g/mol. The van der Waals surface area contributed by atoms with Crippen LogP contribution in [0.3, 0.4) is 0 Å². The average Bonchev–Trinajstić information content (AvgIpc) is 2.93. The van der Waals surface area contributed by atoms with Gasteiger partial charge in [-0.3, -0.25) is 14.4 Å². The van der Waals surface area contributed by atoms with Crippen molar-refractivity contribution in [3.63, 3.8) is 0 Å². The van der Waals surface area contributed by atoms with Crippen LogP contribution in [0.5, 0.6) is 0 Å². The number of carbonyl (C=O) groups is 3. The van der Waals surface area contributed by atoms with E-state index in [9.17, 15) is 14.4 Å². The molecule has 0 bridgehead atoms.